The summed E-state index contributed by atoms with van der Waals surface area (Å²) in [7, 11) is -4.39. The number of phosphoric ester groups is 1. The van der Waals surface area contributed by atoms with E-state index in [9.17, 15) is 24.2 Å². The lowest BCUT2D eigenvalue weighted by Crippen LogP contribution is -2.27. The van der Waals surface area contributed by atoms with Crippen molar-refractivity contribution in [1.82, 2.24) is 5.32 Å². The summed E-state index contributed by atoms with van der Waals surface area (Å²) in [4.78, 5) is 33.3. The van der Waals surface area contributed by atoms with Crippen LogP contribution in [-0.2, 0) is 27.9 Å². The largest absolute Gasteiger partial charge is 0.472 e. The van der Waals surface area contributed by atoms with Gasteiger partial charge < -0.3 is 20.1 Å². The van der Waals surface area contributed by atoms with E-state index in [0.717, 1.165) is 44.9 Å². The average Bonchev–Trinajstić information content (AvgIpc) is 2.91. The van der Waals surface area contributed by atoms with Crippen LogP contribution in [0.2, 0.25) is 0 Å². The molecule has 0 aliphatic rings. The molecule has 0 fully saturated rings. The predicted molar refractivity (Wildman–Crippen MR) is 155 cm³/mol. The summed E-state index contributed by atoms with van der Waals surface area (Å²) < 4.78 is 26.5. The highest BCUT2D eigenvalue weighted by molar-refractivity contribution is 7.47. The molecule has 10 heteroatoms. The highest BCUT2D eigenvalue weighted by Crippen LogP contribution is 2.42. The van der Waals surface area contributed by atoms with Crippen LogP contribution in [0.15, 0.2) is 0 Å². The molecule has 0 aromatic heterocycles. The number of hydrogen-bond donors (Lipinski definition) is 3. The third kappa shape index (κ3) is 28.3. The molecule has 0 rings (SSSR count). The van der Waals surface area contributed by atoms with Crippen LogP contribution in [0.4, 0.5) is 0 Å². The maximum atomic E-state index is 11.9. The first-order valence-electron chi connectivity index (χ1n) is 15.5. The van der Waals surface area contributed by atoms with Gasteiger partial charge in [0.25, 0.3) is 0 Å². The maximum absolute atomic E-state index is 11.9. The lowest BCUT2D eigenvalue weighted by molar-refractivity contribution is -0.147. The Morgan fingerprint density at radius 2 is 1.15 bits per heavy atom. The molecule has 2 atom stereocenters. The predicted octanol–water partition coefficient (Wildman–Crippen LogP) is 6.98. The molecule has 232 valence electrons. The van der Waals surface area contributed by atoms with E-state index in [2.05, 4.69) is 19.2 Å². The first-order chi connectivity index (χ1) is 18.8. The number of nitrogens with one attached hydrogen (secondary N) is 1. The number of carbonyl (C=O) groups is 2. The van der Waals surface area contributed by atoms with Crippen molar-refractivity contribution in [2.45, 2.75) is 148 Å². The quantitative estimate of drug-likeness (QED) is 0.0491. The summed E-state index contributed by atoms with van der Waals surface area (Å²) in [6.45, 7) is 3.45. The molecule has 39 heavy (non-hydrogen) atoms. The molecule has 3 N–H and O–H groups in total. The van der Waals surface area contributed by atoms with E-state index in [1.165, 1.54) is 70.6 Å². The molecule has 0 aliphatic heterocycles. The van der Waals surface area contributed by atoms with Gasteiger partial charge in [-0.05, 0) is 12.8 Å². The van der Waals surface area contributed by atoms with Crippen molar-refractivity contribution < 1.29 is 37.9 Å². The second-order valence-electron chi connectivity index (χ2n) is 10.4. The van der Waals surface area contributed by atoms with Gasteiger partial charge in [-0.2, -0.15) is 0 Å². The zero-order valence-corrected chi connectivity index (χ0v) is 25.7. The van der Waals surface area contributed by atoms with Gasteiger partial charge in [-0.25, -0.2) is 4.57 Å². The van der Waals surface area contributed by atoms with Crippen LogP contribution < -0.4 is 5.32 Å². The first kappa shape index (κ1) is 38.0. The molecule has 9 nitrogen and oxygen atoms in total. The third-order valence-corrected chi connectivity index (χ3v) is 7.52. The van der Waals surface area contributed by atoms with Crippen LogP contribution in [-0.4, -0.2) is 54.3 Å². The van der Waals surface area contributed by atoms with Crippen LogP contribution in [0.5, 0.6) is 0 Å². The van der Waals surface area contributed by atoms with Gasteiger partial charge in [-0.1, -0.05) is 117 Å². The van der Waals surface area contributed by atoms with Gasteiger partial charge in [0.15, 0.2) is 0 Å². The second kappa shape index (κ2) is 27.2. The first-order valence-corrected chi connectivity index (χ1v) is 17.0. The van der Waals surface area contributed by atoms with Gasteiger partial charge in [-0.3, -0.25) is 18.6 Å². The molecule has 2 unspecified atom stereocenters. The van der Waals surface area contributed by atoms with Crippen molar-refractivity contribution >= 4 is 19.7 Å². The molecule has 0 saturated carbocycles. The molecular weight excluding hydrogens is 521 g/mol. The fourth-order valence-corrected chi connectivity index (χ4v) is 4.90. The van der Waals surface area contributed by atoms with Crippen molar-refractivity contribution in [1.29, 1.82) is 0 Å². The van der Waals surface area contributed by atoms with Gasteiger partial charge in [0, 0.05) is 19.4 Å². The fraction of sp³-hybridized carbons (Fsp3) is 0.931. The number of amides is 1. The van der Waals surface area contributed by atoms with E-state index in [4.69, 9.17) is 13.8 Å². The Labute approximate surface area is 237 Å². The standard InChI is InChI=1S/C29H58NO8P/c1-3-5-7-9-11-12-13-14-15-16-17-19-21-28(32)30-23-24-37-39(34,35)38-26-27(31)25-36-29(33)22-20-18-10-8-6-4-2/h27,31H,3-26H2,1-2H3,(H,30,32)(H,34,35). The van der Waals surface area contributed by atoms with Crippen molar-refractivity contribution in [2.75, 3.05) is 26.4 Å². The molecule has 0 aromatic rings. The number of rotatable bonds is 29. The number of aliphatic hydroxyl groups is 1. The minimum Gasteiger partial charge on any atom is -0.463 e. The van der Waals surface area contributed by atoms with Crippen LogP contribution in [0, 0.1) is 0 Å². The van der Waals surface area contributed by atoms with E-state index in [1.807, 2.05) is 0 Å². The Balaban J connectivity index is 3.63. The van der Waals surface area contributed by atoms with Gasteiger partial charge in [0.05, 0.1) is 13.2 Å². The second-order valence-corrected chi connectivity index (χ2v) is 11.9. The Hall–Kier alpha value is -0.990. The zero-order valence-electron chi connectivity index (χ0n) is 24.8. The Morgan fingerprint density at radius 3 is 1.67 bits per heavy atom. The van der Waals surface area contributed by atoms with Gasteiger partial charge >= 0.3 is 13.8 Å². The summed E-state index contributed by atoms with van der Waals surface area (Å²) >= 11 is 0. The highest BCUT2D eigenvalue weighted by Gasteiger charge is 2.23. The van der Waals surface area contributed by atoms with Gasteiger partial charge in [-0.15, -0.1) is 0 Å². The van der Waals surface area contributed by atoms with E-state index < -0.39 is 26.5 Å². The van der Waals surface area contributed by atoms with Gasteiger partial charge in [0.2, 0.25) is 5.91 Å². The Kier molecular flexibility index (Phi) is 26.5. The summed E-state index contributed by atoms with van der Waals surface area (Å²) in [5.74, 6) is -0.523. The van der Waals surface area contributed by atoms with E-state index in [1.54, 1.807) is 0 Å². The molecule has 0 aliphatic carbocycles. The molecule has 0 saturated heterocycles. The maximum Gasteiger partial charge on any atom is 0.472 e. The van der Waals surface area contributed by atoms with Crippen LogP contribution in [0.25, 0.3) is 0 Å². The van der Waals surface area contributed by atoms with E-state index >= 15 is 0 Å². The summed E-state index contributed by atoms with van der Waals surface area (Å²) in [6.07, 6.45) is 20.6. The van der Waals surface area contributed by atoms with Crippen molar-refractivity contribution in [3.63, 3.8) is 0 Å². The third-order valence-electron chi connectivity index (χ3n) is 6.54. The number of carbonyl (C=O) groups excluding carboxylic acids is 2. The van der Waals surface area contributed by atoms with Crippen LogP contribution in [0.3, 0.4) is 0 Å². The lowest BCUT2D eigenvalue weighted by Gasteiger charge is -2.15. The number of hydrogen-bond acceptors (Lipinski definition) is 7. The lowest BCUT2D eigenvalue weighted by atomic mass is 10.0. The monoisotopic (exact) mass is 579 g/mol. The minimum absolute atomic E-state index is 0.0869. The number of aliphatic hydroxyl groups excluding tert-OH is 1. The average molecular weight is 580 g/mol. The van der Waals surface area contributed by atoms with E-state index in [-0.39, 0.29) is 32.1 Å². The molecule has 0 radical (unpaired) electrons. The normalized spacial score (nSPS) is 13.6. The SMILES string of the molecule is CCCCCCCCCCCCCCC(=O)NCCOP(=O)(O)OCC(O)COC(=O)CCCCCCCC. The summed E-state index contributed by atoms with van der Waals surface area (Å²) in [6, 6.07) is 0. The summed E-state index contributed by atoms with van der Waals surface area (Å²) in [5.41, 5.74) is 0. The molecular formula is C29H58NO8P. The highest BCUT2D eigenvalue weighted by atomic mass is 31.2. The number of ether oxygens (including phenoxy) is 1. The van der Waals surface area contributed by atoms with Crippen molar-refractivity contribution in [2.24, 2.45) is 0 Å². The molecule has 0 spiro atoms. The van der Waals surface area contributed by atoms with Crippen molar-refractivity contribution in [3.8, 4) is 0 Å². The Morgan fingerprint density at radius 1 is 0.692 bits per heavy atom. The topological polar surface area (TPSA) is 131 Å². The van der Waals surface area contributed by atoms with Gasteiger partial charge in [0.1, 0.15) is 12.7 Å². The van der Waals surface area contributed by atoms with Crippen LogP contribution >= 0.6 is 7.82 Å². The zero-order chi connectivity index (χ0) is 29.0. The summed E-state index contributed by atoms with van der Waals surface area (Å²) in [5, 5.41) is 12.5. The Bertz CT molecular complexity index is 634. The van der Waals surface area contributed by atoms with Crippen LogP contribution in [0.1, 0.15) is 142 Å². The number of unbranched alkanes of at least 4 members (excludes halogenated alkanes) is 16. The molecule has 0 aromatic carbocycles. The molecule has 1 amide bonds. The fourth-order valence-electron chi connectivity index (χ4n) is 4.14. The van der Waals surface area contributed by atoms with Crippen molar-refractivity contribution in [3.05, 3.63) is 0 Å². The number of phosphoric acid groups is 1. The molecule has 0 heterocycles. The minimum atomic E-state index is -4.39. The van der Waals surface area contributed by atoms with E-state index in [0.29, 0.717) is 6.42 Å². The molecule has 0 bridgehead atoms. The smallest absolute Gasteiger partial charge is 0.463 e. The number of esters is 1.